The van der Waals surface area contributed by atoms with Gasteiger partial charge in [0.2, 0.25) is 0 Å². The number of fused-ring (bicyclic) bond motifs is 3. The van der Waals surface area contributed by atoms with Gasteiger partial charge in [0, 0.05) is 60.9 Å². The Morgan fingerprint density at radius 1 is 1.17 bits per heavy atom. The van der Waals surface area contributed by atoms with E-state index in [2.05, 4.69) is 19.8 Å². The van der Waals surface area contributed by atoms with E-state index in [9.17, 15) is 4.21 Å². The largest absolute Gasteiger partial charge is 0.450 e. The van der Waals surface area contributed by atoms with E-state index in [1.54, 1.807) is 12.6 Å². The SMILES string of the molecule is C[S@@](=O)CCN1CCN(c2ncnc3c2oc2ccccc23)CC1. The molecular weight excluding hydrogens is 324 g/mol. The molecule has 0 N–H and O–H groups in total. The first-order chi connectivity index (χ1) is 11.7. The Kier molecular flexibility index (Phi) is 4.20. The van der Waals surface area contributed by atoms with Crippen molar-refractivity contribution in [3.63, 3.8) is 0 Å². The number of hydrogen-bond donors (Lipinski definition) is 0. The van der Waals surface area contributed by atoms with E-state index >= 15 is 0 Å². The van der Waals surface area contributed by atoms with Crippen LogP contribution in [0.15, 0.2) is 35.0 Å². The molecule has 0 radical (unpaired) electrons. The van der Waals surface area contributed by atoms with Gasteiger partial charge in [0.25, 0.3) is 0 Å². The maximum atomic E-state index is 11.2. The quantitative estimate of drug-likeness (QED) is 0.720. The first-order valence-corrected chi connectivity index (χ1v) is 9.84. The molecule has 1 aliphatic rings. The molecule has 1 saturated heterocycles. The average Bonchev–Trinajstić information content (AvgIpc) is 2.99. The van der Waals surface area contributed by atoms with E-state index in [4.69, 9.17) is 4.42 Å². The lowest BCUT2D eigenvalue weighted by atomic mass is 10.2. The zero-order valence-electron chi connectivity index (χ0n) is 13.6. The van der Waals surface area contributed by atoms with E-state index in [0.29, 0.717) is 0 Å². The van der Waals surface area contributed by atoms with Gasteiger partial charge < -0.3 is 9.32 Å². The van der Waals surface area contributed by atoms with Crippen molar-refractivity contribution in [2.45, 2.75) is 0 Å². The molecule has 126 valence electrons. The van der Waals surface area contributed by atoms with Crippen LogP contribution in [0.4, 0.5) is 5.82 Å². The number of furan rings is 1. The molecule has 6 nitrogen and oxygen atoms in total. The van der Waals surface area contributed by atoms with Crippen molar-refractivity contribution in [2.24, 2.45) is 0 Å². The molecular formula is C17H20N4O2S. The summed E-state index contributed by atoms with van der Waals surface area (Å²) in [6, 6.07) is 7.95. The van der Waals surface area contributed by atoms with Crippen LogP contribution in [0, 0.1) is 0 Å². The normalized spacial score (nSPS) is 17.6. The summed E-state index contributed by atoms with van der Waals surface area (Å²) in [5.74, 6) is 1.61. The molecule has 1 fully saturated rings. The fourth-order valence-electron chi connectivity index (χ4n) is 3.18. The van der Waals surface area contributed by atoms with Gasteiger partial charge >= 0.3 is 0 Å². The van der Waals surface area contributed by atoms with Crippen LogP contribution in [0.3, 0.4) is 0 Å². The molecule has 3 heterocycles. The van der Waals surface area contributed by atoms with Crippen molar-refractivity contribution in [1.29, 1.82) is 0 Å². The lowest BCUT2D eigenvalue weighted by molar-refractivity contribution is 0.272. The van der Waals surface area contributed by atoms with E-state index in [-0.39, 0.29) is 0 Å². The van der Waals surface area contributed by atoms with Crippen LogP contribution < -0.4 is 4.90 Å². The van der Waals surface area contributed by atoms with Crippen molar-refractivity contribution < 1.29 is 8.63 Å². The minimum Gasteiger partial charge on any atom is -0.450 e. The number of aromatic nitrogens is 2. The van der Waals surface area contributed by atoms with Gasteiger partial charge in [0.1, 0.15) is 17.4 Å². The minimum absolute atomic E-state index is 0.731. The van der Waals surface area contributed by atoms with E-state index in [1.165, 1.54) is 0 Å². The van der Waals surface area contributed by atoms with Crippen LogP contribution in [-0.2, 0) is 10.8 Å². The Hall–Kier alpha value is -1.99. The predicted octanol–water partition coefficient (Wildman–Crippen LogP) is 1.88. The second-order valence-electron chi connectivity index (χ2n) is 6.08. The number of piperazine rings is 1. The summed E-state index contributed by atoms with van der Waals surface area (Å²) in [5, 5.41) is 1.03. The molecule has 2 aromatic heterocycles. The molecule has 1 aliphatic heterocycles. The van der Waals surface area contributed by atoms with E-state index in [0.717, 1.165) is 66.4 Å². The third-order valence-corrected chi connectivity index (χ3v) is 5.26. The summed E-state index contributed by atoms with van der Waals surface area (Å²) >= 11 is 0. The number of benzene rings is 1. The van der Waals surface area contributed by atoms with Crippen molar-refractivity contribution in [3.8, 4) is 0 Å². The van der Waals surface area contributed by atoms with Gasteiger partial charge in [-0.15, -0.1) is 0 Å². The number of nitrogens with zero attached hydrogens (tertiary/aromatic N) is 4. The number of rotatable bonds is 4. The maximum absolute atomic E-state index is 11.2. The Morgan fingerprint density at radius 2 is 1.96 bits per heavy atom. The molecule has 3 aromatic rings. The molecule has 0 amide bonds. The topological polar surface area (TPSA) is 62.5 Å². The molecule has 0 unspecified atom stereocenters. The third kappa shape index (κ3) is 2.89. The highest BCUT2D eigenvalue weighted by Gasteiger charge is 2.22. The summed E-state index contributed by atoms with van der Waals surface area (Å²) in [4.78, 5) is 13.5. The second kappa shape index (κ2) is 6.49. The third-order valence-electron chi connectivity index (χ3n) is 4.51. The highest BCUT2D eigenvalue weighted by Crippen LogP contribution is 2.32. The summed E-state index contributed by atoms with van der Waals surface area (Å²) < 4.78 is 17.3. The molecule has 24 heavy (non-hydrogen) atoms. The van der Waals surface area contributed by atoms with Gasteiger partial charge in [-0.3, -0.25) is 9.11 Å². The Labute approximate surface area is 142 Å². The van der Waals surface area contributed by atoms with Crippen LogP contribution in [0.25, 0.3) is 22.1 Å². The molecule has 1 atom stereocenters. The number of anilines is 1. The molecule has 0 aliphatic carbocycles. The monoisotopic (exact) mass is 344 g/mol. The van der Waals surface area contributed by atoms with Crippen LogP contribution in [0.5, 0.6) is 0 Å². The molecule has 0 spiro atoms. The lowest BCUT2D eigenvalue weighted by Crippen LogP contribution is -2.47. The van der Waals surface area contributed by atoms with Crippen molar-refractivity contribution in [1.82, 2.24) is 14.9 Å². The van der Waals surface area contributed by atoms with Gasteiger partial charge in [0.15, 0.2) is 11.4 Å². The molecule has 7 heteroatoms. The molecule has 0 bridgehead atoms. The van der Waals surface area contributed by atoms with Crippen LogP contribution in [0.1, 0.15) is 0 Å². The Bertz CT molecular complexity index is 887. The van der Waals surface area contributed by atoms with Crippen molar-refractivity contribution in [2.75, 3.05) is 49.6 Å². The summed E-state index contributed by atoms with van der Waals surface area (Å²) in [6.07, 6.45) is 3.38. The summed E-state index contributed by atoms with van der Waals surface area (Å²) in [5.41, 5.74) is 2.49. The van der Waals surface area contributed by atoms with Crippen molar-refractivity contribution >= 4 is 38.7 Å². The maximum Gasteiger partial charge on any atom is 0.196 e. The fraction of sp³-hybridized carbons (Fsp3) is 0.412. The van der Waals surface area contributed by atoms with Crippen LogP contribution in [0.2, 0.25) is 0 Å². The summed E-state index contributed by atoms with van der Waals surface area (Å²) in [6.45, 7) is 4.56. The fourth-order valence-corrected chi connectivity index (χ4v) is 3.69. The first-order valence-electron chi connectivity index (χ1n) is 8.12. The van der Waals surface area contributed by atoms with Crippen LogP contribution >= 0.6 is 0 Å². The Balaban J connectivity index is 1.58. The predicted molar refractivity (Wildman–Crippen MR) is 96.9 cm³/mol. The van der Waals surface area contributed by atoms with Gasteiger partial charge in [-0.1, -0.05) is 12.1 Å². The zero-order chi connectivity index (χ0) is 16.5. The highest BCUT2D eigenvalue weighted by atomic mass is 32.2. The minimum atomic E-state index is -0.731. The zero-order valence-corrected chi connectivity index (χ0v) is 14.5. The van der Waals surface area contributed by atoms with Crippen LogP contribution in [-0.4, -0.2) is 63.8 Å². The van der Waals surface area contributed by atoms with E-state index < -0.39 is 10.8 Å². The molecule has 1 aromatic carbocycles. The molecule has 0 saturated carbocycles. The van der Waals surface area contributed by atoms with Gasteiger partial charge in [-0.2, -0.15) is 0 Å². The average molecular weight is 344 g/mol. The smallest absolute Gasteiger partial charge is 0.196 e. The van der Waals surface area contributed by atoms with Gasteiger partial charge in [0.05, 0.1) is 0 Å². The Morgan fingerprint density at radius 3 is 2.75 bits per heavy atom. The first kappa shape index (κ1) is 15.5. The standard InChI is InChI=1S/C17H20N4O2S/c1-24(22)11-10-20-6-8-21(9-7-20)17-16-15(18-12-19-17)13-4-2-3-5-14(13)23-16/h2-5,12H,6-11H2,1H3/t24-/m1/s1. The highest BCUT2D eigenvalue weighted by molar-refractivity contribution is 7.84. The molecule has 4 rings (SSSR count). The summed E-state index contributed by atoms with van der Waals surface area (Å²) in [7, 11) is -0.731. The number of hydrogen-bond acceptors (Lipinski definition) is 6. The van der Waals surface area contributed by atoms with Gasteiger partial charge in [-0.25, -0.2) is 9.97 Å². The number of para-hydroxylation sites is 1. The lowest BCUT2D eigenvalue weighted by Gasteiger charge is -2.35. The van der Waals surface area contributed by atoms with Crippen molar-refractivity contribution in [3.05, 3.63) is 30.6 Å². The van der Waals surface area contributed by atoms with E-state index in [1.807, 2.05) is 24.3 Å². The second-order valence-corrected chi connectivity index (χ2v) is 7.63. The van der Waals surface area contributed by atoms with Gasteiger partial charge in [-0.05, 0) is 12.1 Å².